The third-order valence-electron chi connectivity index (χ3n) is 7.73. The maximum atomic E-state index is 15.7. The van der Waals surface area contributed by atoms with E-state index in [1.807, 2.05) is 6.20 Å². The van der Waals surface area contributed by atoms with E-state index in [1.54, 1.807) is 18.2 Å². The number of nitrogens with zero attached hydrogens (tertiary/aromatic N) is 4. The lowest BCUT2D eigenvalue weighted by molar-refractivity contribution is 0.0666. The number of aromatic nitrogens is 3. The van der Waals surface area contributed by atoms with Crippen LogP contribution in [0.5, 0.6) is 5.75 Å². The van der Waals surface area contributed by atoms with E-state index < -0.39 is 16.6 Å². The summed E-state index contributed by atoms with van der Waals surface area (Å²) in [5.41, 5.74) is 8.15. The molecule has 3 fully saturated rings. The smallest absolute Gasteiger partial charge is 0.172 e. The van der Waals surface area contributed by atoms with Crippen LogP contribution < -0.4 is 10.5 Å². The molecule has 192 valence electrons. The van der Waals surface area contributed by atoms with E-state index in [2.05, 4.69) is 19.4 Å². The summed E-state index contributed by atoms with van der Waals surface area (Å²) in [6.07, 6.45) is 7.46. The van der Waals surface area contributed by atoms with Gasteiger partial charge in [-0.25, -0.2) is 14.4 Å². The van der Waals surface area contributed by atoms with Crippen molar-refractivity contribution in [3.8, 4) is 16.9 Å². The van der Waals surface area contributed by atoms with Crippen LogP contribution in [0.25, 0.3) is 22.2 Å². The summed E-state index contributed by atoms with van der Waals surface area (Å²) in [4.78, 5) is 11.2. The Kier molecular flexibility index (Phi) is 6.66. The Morgan fingerprint density at radius 3 is 2.81 bits per heavy atom. The monoisotopic (exact) mass is 513 g/mol. The summed E-state index contributed by atoms with van der Waals surface area (Å²) in [7, 11) is -0.654. The van der Waals surface area contributed by atoms with E-state index in [0.29, 0.717) is 34.9 Å². The van der Waals surface area contributed by atoms with Crippen LogP contribution in [-0.2, 0) is 15.5 Å². The fourth-order valence-electron chi connectivity index (χ4n) is 5.68. The highest BCUT2D eigenvalue weighted by atomic mass is 32.2. The predicted molar refractivity (Wildman–Crippen MR) is 138 cm³/mol. The standard InChI is InChI=1S/C26H32FN5O3S/c27-24-20(4-1-5-22(24)35-15-19-3-2-8-34-19)21-14-32(26-23(21)25(28)29-16-30-26)18-11-17(12-18)13-31-6-9-36(33)10-7-31/h1,4-5,14,16-19H,2-3,6-13,15H2,(H2,28,29,30)/t17?,18?,19-/m1/s1. The molecule has 0 amide bonds. The van der Waals surface area contributed by atoms with Gasteiger partial charge in [-0.1, -0.05) is 12.1 Å². The minimum atomic E-state index is -0.654. The Morgan fingerprint density at radius 1 is 1.19 bits per heavy atom. The molecule has 0 unspecified atom stereocenters. The molecule has 3 aromatic rings. The summed E-state index contributed by atoms with van der Waals surface area (Å²) in [6.45, 7) is 3.94. The lowest BCUT2D eigenvalue weighted by atomic mass is 9.79. The Bertz CT molecular complexity index is 1260. The molecule has 0 radical (unpaired) electrons. The normalized spacial score (nSPS) is 25.3. The van der Waals surface area contributed by atoms with Crippen LogP contribution in [0.15, 0.2) is 30.7 Å². The van der Waals surface area contributed by atoms with Gasteiger partial charge >= 0.3 is 0 Å². The number of anilines is 1. The Morgan fingerprint density at radius 2 is 2.03 bits per heavy atom. The highest BCUT2D eigenvalue weighted by molar-refractivity contribution is 7.85. The lowest BCUT2D eigenvalue weighted by Crippen LogP contribution is -2.43. The molecule has 2 N–H and O–H groups in total. The molecule has 1 aromatic carbocycles. The van der Waals surface area contributed by atoms with Crippen LogP contribution in [0.3, 0.4) is 0 Å². The van der Waals surface area contributed by atoms with Crippen molar-refractivity contribution in [2.24, 2.45) is 5.92 Å². The molecule has 8 nitrogen and oxygen atoms in total. The van der Waals surface area contributed by atoms with E-state index in [0.717, 1.165) is 69.1 Å². The number of ether oxygens (including phenoxy) is 2. The van der Waals surface area contributed by atoms with E-state index in [1.165, 1.54) is 6.33 Å². The first-order valence-corrected chi connectivity index (χ1v) is 14.3. The predicted octanol–water partition coefficient (Wildman–Crippen LogP) is 3.39. The van der Waals surface area contributed by atoms with Gasteiger partial charge in [-0.3, -0.25) is 4.21 Å². The quantitative estimate of drug-likeness (QED) is 0.517. The first-order valence-electron chi connectivity index (χ1n) is 12.8. The van der Waals surface area contributed by atoms with E-state index >= 15 is 4.39 Å². The minimum Gasteiger partial charge on any atom is -0.488 e. The minimum absolute atomic E-state index is 0.0117. The Balaban J connectivity index is 1.24. The van der Waals surface area contributed by atoms with Crippen molar-refractivity contribution in [1.29, 1.82) is 0 Å². The fraction of sp³-hybridized carbons (Fsp3) is 0.538. The van der Waals surface area contributed by atoms with Gasteiger partial charge in [-0.2, -0.15) is 0 Å². The molecule has 1 aliphatic carbocycles. The summed E-state index contributed by atoms with van der Waals surface area (Å²) in [6, 6.07) is 5.49. The fourth-order valence-corrected chi connectivity index (χ4v) is 6.81. The van der Waals surface area contributed by atoms with Crippen LogP contribution >= 0.6 is 0 Å². The van der Waals surface area contributed by atoms with Gasteiger partial charge in [0.05, 0.1) is 11.5 Å². The lowest BCUT2D eigenvalue weighted by Gasteiger charge is -2.40. The second kappa shape index (κ2) is 10.1. The number of halogens is 1. The zero-order valence-corrected chi connectivity index (χ0v) is 21.1. The SMILES string of the molecule is Nc1ncnc2c1c(-c1cccc(OC[C@H]3CCCO3)c1F)cn2C1CC(CN2CCS(=O)CC2)C1. The molecule has 2 saturated heterocycles. The van der Waals surface area contributed by atoms with Crippen LogP contribution in [0.4, 0.5) is 10.2 Å². The third-order valence-corrected chi connectivity index (χ3v) is 9.01. The van der Waals surface area contributed by atoms with Gasteiger partial charge in [0.15, 0.2) is 11.6 Å². The van der Waals surface area contributed by atoms with Crippen molar-refractivity contribution in [2.75, 3.05) is 50.1 Å². The Hall–Kier alpha value is -2.56. The van der Waals surface area contributed by atoms with Crippen molar-refractivity contribution in [3.05, 3.63) is 36.5 Å². The summed E-state index contributed by atoms with van der Waals surface area (Å²) < 4.78 is 40.9. The summed E-state index contributed by atoms with van der Waals surface area (Å²) >= 11 is 0. The molecule has 1 atom stereocenters. The summed E-state index contributed by atoms with van der Waals surface area (Å²) in [5, 5.41) is 0.676. The van der Waals surface area contributed by atoms with Crippen molar-refractivity contribution in [1.82, 2.24) is 19.4 Å². The van der Waals surface area contributed by atoms with Gasteiger partial charge in [0.25, 0.3) is 0 Å². The van der Waals surface area contributed by atoms with Gasteiger partial charge < -0.3 is 24.7 Å². The van der Waals surface area contributed by atoms with Crippen molar-refractivity contribution in [2.45, 2.75) is 37.8 Å². The second-order valence-corrected chi connectivity index (χ2v) is 11.8. The molecule has 1 saturated carbocycles. The molecule has 3 aliphatic rings. The Labute approximate surface area is 212 Å². The topological polar surface area (TPSA) is 95.5 Å². The number of hydrogen-bond acceptors (Lipinski definition) is 7. The van der Waals surface area contributed by atoms with Crippen molar-refractivity contribution >= 4 is 27.7 Å². The highest BCUT2D eigenvalue weighted by Crippen LogP contribution is 2.44. The zero-order valence-electron chi connectivity index (χ0n) is 20.3. The average Bonchev–Trinajstić information content (AvgIpc) is 3.51. The second-order valence-electron chi connectivity index (χ2n) is 10.1. The van der Waals surface area contributed by atoms with Gasteiger partial charge in [-0.15, -0.1) is 0 Å². The first kappa shape index (κ1) is 23.8. The van der Waals surface area contributed by atoms with Gasteiger partial charge in [-0.05, 0) is 37.7 Å². The van der Waals surface area contributed by atoms with Crippen LogP contribution in [0, 0.1) is 11.7 Å². The van der Waals surface area contributed by atoms with E-state index in [-0.39, 0.29) is 17.9 Å². The van der Waals surface area contributed by atoms with Crippen LogP contribution in [-0.4, -0.2) is 74.1 Å². The molecular weight excluding hydrogens is 481 g/mol. The number of rotatable bonds is 7. The number of nitrogens with two attached hydrogens (primary N) is 1. The maximum Gasteiger partial charge on any atom is 0.172 e. The largest absolute Gasteiger partial charge is 0.488 e. The molecular formula is C26H32FN5O3S. The molecule has 0 bridgehead atoms. The zero-order chi connectivity index (χ0) is 24.6. The molecule has 2 aliphatic heterocycles. The number of hydrogen-bond donors (Lipinski definition) is 1. The number of fused-ring (bicyclic) bond motifs is 1. The van der Waals surface area contributed by atoms with Crippen LogP contribution in [0.1, 0.15) is 31.7 Å². The van der Waals surface area contributed by atoms with Gasteiger partial charge in [0.1, 0.15) is 24.4 Å². The van der Waals surface area contributed by atoms with E-state index in [4.69, 9.17) is 15.2 Å². The molecule has 4 heterocycles. The van der Waals surface area contributed by atoms with Crippen LogP contribution in [0.2, 0.25) is 0 Å². The van der Waals surface area contributed by atoms with Crippen molar-refractivity contribution in [3.63, 3.8) is 0 Å². The van der Waals surface area contributed by atoms with Gasteiger partial charge in [0, 0.05) is 71.9 Å². The highest BCUT2D eigenvalue weighted by Gasteiger charge is 2.34. The molecule has 0 spiro atoms. The average molecular weight is 514 g/mol. The number of nitrogen functional groups attached to an aromatic ring is 1. The molecule has 36 heavy (non-hydrogen) atoms. The molecule has 6 rings (SSSR count). The molecule has 10 heteroatoms. The summed E-state index contributed by atoms with van der Waals surface area (Å²) in [5.74, 6) is 2.29. The first-order chi connectivity index (χ1) is 17.6. The van der Waals surface area contributed by atoms with E-state index in [9.17, 15) is 4.21 Å². The molecule has 2 aromatic heterocycles. The van der Waals surface area contributed by atoms with Gasteiger partial charge in [0.2, 0.25) is 0 Å². The van der Waals surface area contributed by atoms with Crippen molar-refractivity contribution < 1.29 is 18.1 Å². The maximum absolute atomic E-state index is 15.7. The third kappa shape index (κ3) is 4.62. The number of benzene rings is 1.